The lowest BCUT2D eigenvalue weighted by atomic mass is 10.1. The molecule has 1 heterocycles. The quantitative estimate of drug-likeness (QED) is 0.586. The molecular formula is C22H19ClN2O2S. The number of amides is 2. The van der Waals surface area contributed by atoms with Gasteiger partial charge in [0.15, 0.2) is 0 Å². The summed E-state index contributed by atoms with van der Waals surface area (Å²) >= 11 is 7.61. The lowest BCUT2D eigenvalue weighted by Crippen LogP contribution is -2.32. The predicted octanol–water partition coefficient (Wildman–Crippen LogP) is 5.46. The molecule has 6 heteroatoms. The number of anilines is 1. The first kappa shape index (κ1) is 18.7. The molecule has 0 radical (unpaired) electrons. The van der Waals surface area contributed by atoms with Gasteiger partial charge in [0.25, 0.3) is 11.8 Å². The minimum absolute atomic E-state index is 0.0466. The fraction of sp³-hybridized carbons (Fsp3) is 0.182. The zero-order chi connectivity index (χ0) is 19.5. The highest BCUT2D eigenvalue weighted by molar-refractivity contribution is 7.12. The summed E-state index contributed by atoms with van der Waals surface area (Å²) in [5, 5.41) is 5.06. The predicted molar refractivity (Wildman–Crippen MR) is 113 cm³/mol. The smallest absolute Gasteiger partial charge is 0.265 e. The summed E-state index contributed by atoms with van der Waals surface area (Å²) in [7, 11) is 0. The van der Waals surface area contributed by atoms with Crippen molar-refractivity contribution in [2.45, 2.75) is 25.4 Å². The summed E-state index contributed by atoms with van der Waals surface area (Å²) in [4.78, 5) is 28.0. The van der Waals surface area contributed by atoms with Crippen LogP contribution in [0.1, 0.15) is 38.4 Å². The maximum absolute atomic E-state index is 13.2. The van der Waals surface area contributed by atoms with Gasteiger partial charge >= 0.3 is 0 Å². The third-order valence-electron chi connectivity index (χ3n) is 4.65. The Bertz CT molecular complexity index is 985. The second-order valence-electron chi connectivity index (χ2n) is 6.78. The van der Waals surface area contributed by atoms with Gasteiger partial charge in [-0.15, -0.1) is 11.3 Å². The molecule has 1 N–H and O–H groups in total. The average molecular weight is 411 g/mol. The van der Waals surface area contributed by atoms with Crippen molar-refractivity contribution < 1.29 is 9.59 Å². The Kier molecular flexibility index (Phi) is 5.46. The van der Waals surface area contributed by atoms with Gasteiger partial charge in [-0.1, -0.05) is 48.0 Å². The van der Waals surface area contributed by atoms with Crippen LogP contribution in [0.15, 0.2) is 66.0 Å². The Morgan fingerprint density at radius 1 is 1.07 bits per heavy atom. The van der Waals surface area contributed by atoms with Crippen LogP contribution in [0.3, 0.4) is 0 Å². The topological polar surface area (TPSA) is 49.4 Å². The van der Waals surface area contributed by atoms with Gasteiger partial charge in [0.05, 0.1) is 15.6 Å². The minimum Gasteiger partial charge on any atom is -0.331 e. The van der Waals surface area contributed by atoms with E-state index in [2.05, 4.69) is 5.32 Å². The average Bonchev–Trinajstić information content (AvgIpc) is 3.40. The Hall–Kier alpha value is -2.63. The van der Waals surface area contributed by atoms with Crippen LogP contribution in [0.5, 0.6) is 0 Å². The van der Waals surface area contributed by atoms with Crippen molar-refractivity contribution in [3.63, 3.8) is 0 Å². The first-order valence-corrected chi connectivity index (χ1v) is 10.4. The van der Waals surface area contributed by atoms with Crippen molar-refractivity contribution in [3.05, 3.63) is 87.1 Å². The van der Waals surface area contributed by atoms with E-state index >= 15 is 0 Å². The van der Waals surface area contributed by atoms with Crippen LogP contribution in [0.2, 0.25) is 5.02 Å². The molecule has 0 unspecified atom stereocenters. The molecule has 28 heavy (non-hydrogen) atoms. The van der Waals surface area contributed by atoms with Crippen molar-refractivity contribution in [1.29, 1.82) is 0 Å². The highest BCUT2D eigenvalue weighted by Crippen LogP contribution is 2.31. The van der Waals surface area contributed by atoms with E-state index in [9.17, 15) is 9.59 Å². The van der Waals surface area contributed by atoms with E-state index in [4.69, 9.17) is 11.6 Å². The Morgan fingerprint density at radius 2 is 1.86 bits per heavy atom. The third-order valence-corrected chi connectivity index (χ3v) is 5.85. The number of thiophene rings is 1. The van der Waals surface area contributed by atoms with Crippen LogP contribution in [0.4, 0.5) is 5.69 Å². The number of nitrogens with one attached hydrogen (secondary N) is 1. The van der Waals surface area contributed by atoms with E-state index < -0.39 is 0 Å². The monoisotopic (exact) mass is 410 g/mol. The molecule has 1 saturated carbocycles. The zero-order valence-electron chi connectivity index (χ0n) is 15.1. The minimum atomic E-state index is -0.232. The van der Waals surface area contributed by atoms with Gasteiger partial charge in [-0.05, 0) is 48.1 Å². The summed E-state index contributed by atoms with van der Waals surface area (Å²) in [5.74, 6) is -0.278. The molecule has 1 aliphatic rings. The highest BCUT2D eigenvalue weighted by atomic mass is 35.5. The van der Waals surface area contributed by atoms with E-state index in [1.807, 2.05) is 46.7 Å². The highest BCUT2D eigenvalue weighted by Gasteiger charge is 2.33. The van der Waals surface area contributed by atoms with Gasteiger partial charge in [-0.25, -0.2) is 0 Å². The van der Waals surface area contributed by atoms with E-state index in [1.54, 1.807) is 24.3 Å². The number of hydrogen-bond acceptors (Lipinski definition) is 3. The summed E-state index contributed by atoms with van der Waals surface area (Å²) < 4.78 is 0. The third kappa shape index (κ3) is 4.26. The number of nitrogens with zero attached hydrogens (tertiary/aromatic N) is 1. The fourth-order valence-corrected chi connectivity index (χ4v) is 3.83. The fourth-order valence-electron chi connectivity index (χ4n) is 3.04. The van der Waals surface area contributed by atoms with Crippen LogP contribution in [-0.2, 0) is 6.54 Å². The molecule has 0 atom stereocenters. The molecule has 1 fully saturated rings. The maximum Gasteiger partial charge on any atom is 0.265 e. The SMILES string of the molecule is O=C(Nc1cc(C(=O)N(Cc2ccccc2)C2CC2)ccc1Cl)c1cccs1. The van der Waals surface area contributed by atoms with Gasteiger partial charge in [0, 0.05) is 18.2 Å². The number of hydrogen-bond donors (Lipinski definition) is 1. The Balaban J connectivity index is 1.55. The molecule has 4 nitrogen and oxygen atoms in total. The van der Waals surface area contributed by atoms with Crippen LogP contribution < -0.4 is 5.32 Å². The van der Waals surface area contributed by atoms with Crippen molar-refractivity contribution in [2.24, 2.45) is 0 Å². The molecule has 3 aromatic rings. The molecule has 2 aromatic carbocycles. The normalized spacial score (nSPS) is 13.2. The van der Waals surface area contributed by atoms with Crippen LogP contribution in [-0.4, -0.2) is 22.8 Å². The van der Waals surface area contributed by atoms with Crippen molar-refractivity contribution in [2.75, 3.05) is 5.32 Å². The maximum atomic E-state index is 13.2. The molecule has 0 aliphatic heterocycles. The number of rotatable bonds is 6. The molecule has 1 aliphatic carbocycles. The zero-order valence-corrected chi connectivity index (χ0v) is 16.7. The van der Waals surface area contributed by atoms with Gasteiger partial charge in [0.2, 0.25) is 0 Å². The summed E-state index contributed by atoms with van der Waals surface area (Å²) in [5.41, 5.74) is 2.07. The molecule has 4 rings (SSSR count). The number of benzene rings is 2. The Labute approximate surface area is 172 Å². The summed E-state index contributed by atoms with van der Waals surface area (Å²) in [6.45, 7) is 0.573. The summed E-state index contributed by atoms with van der Waals surface area (Å²) in [6, 6.07) is 18.8. The second kappa shape index (κ2) is 8.17. The molecule has 0 bridgehead atoms. The second-order valence-corrected chi connectivity index (χ2v) is 8.13. The van der Waals surface area contributed by atoms with Crippen molar-refractivity contribution in [1.82, 2.24) is 4.90 Å². The van der Waals surface area contributed by atoms with E-state index in [-0.39, 0.29) is 17.9 Å². The van der Waals surface area contributed by atoms with Gasteiger partial charge < -0.3 is 10.2 Å². The van der Waals surface area contributed by atoms with Crippen molar-refractivity contribution >= 4 is 40.4 Å². The van der Waals surface area contributed by atoms with Crippen LogP contribution in [0, 0.1) is 0 Å². The standard InChI is InChI=1S/C22H19ClN2O2S/c23-18-11-8-16(13-19(18)24-21(26)20-7-4-12-28-20)22(27)25(17-9-10-17)14-15-5-2-1-3-6-15/h1-8,11-13,17H,9-10,14H2,(H,24,26). The molecule has 142 valence electrons. The van der Waals surface area contributed by atoms with E-state index in [0.29, 0.717) is 27.7 Å². The molecule has 2 amide bonds. The largest absolute Gasteiger partial charge is 0.331 e. The lowest BCUT2D eigenvalue weighted by Gasteiger charge is -2.23. The molecule has 1 aromatic heterocycles. The van der Waals surface area contributed by atoms with Crippen LogP contribution in [0.25, 0.3) is 0 Å². The van der Waals surface area contributed by atoms with Gasteiger partial charge in [-0.2, -0.15) is 0 Å². The first-order chi connectivity index (χ1) is 13.6. The first-order valence-electron chi connectivity index (χ1n) is 9.11. The summed E-state index contributed by atoms with van der Waals surface area (Å²) in [6.07, 6.45) is 2.04. The number of carbonyl (C=O) groups excluding carboxylic acids is 2. The van der Waals surface area contributed by atoms with Gasteiger partial charge in [0.1, 0.15) is 0 Å². The van der Waals surface area contributed by atoms with Crippen molar-refractivity contribution in [3.8, 4) is 0 Å². The number of halogens is 1. The van der Waals surface area contributed by atoms with E-state index in [0.717, 1.165) is 18.4 Å². The lowest BCUT2D eigenvalue weighted by molar-refractivity contribution is 0.0729. The van der Waals surface area contributed by atoms with Crippen LogP contribution >= 0.6 is 22.9 Å². The molecule has 0 saturated heterocycles. The van der Waals surface area contributed by atoms with Gasteiger partial charge in [-0.3, -0.25) is 9.59 Å². The molecule has 0 spiro atoms. The van der Waals surface area contributed by atoms with E-state index in [1.165, 1.54) is 11.3 Å². The number of carbonyl (C=O) groups is 2. The Morgan fingerprint density at radius 3 is 2.54 bits per heavy atom. The molecular weight excluding hydrogens is 392 g/mol.